The smallest absolute Gasteiger partial charge is 0.439 e. The Kier molecular flexibility index (Phi) is 3.02. The van der Waals surface area contributed by atoms with Crippen LogP contribution in [0.5, 0.6) is 0 Å². The van der Waals surface area contributed by atoms with Gasteiger partial charge in [0.15, 0.2) is 0 Å². The van der Waals surface area contributed by atoms with E-state index in [0.29, 0.717) is 6.42 Å². The van der Waals surface area contributed by atoms with Crippen LogP contribution in [0.1, 0.15) is 32.1 Å². The van der Waals surface area contributed by atoms with Gasteiger partial charge in [0.2, 0.25) is 11.1 Å². The van der Waals surface area contributed by atoms with E-state index in [1.807, 2.05) is 0 Å². The number of halogens is 2. The number of rotatable bonds is 3. The van der Waals surface area contributed by atoms with E-state index in [1.165, 1.54) is 0 Å². The van der Waals surface area contributed by atoms with Crippen LogP contribution in [0.3, 0.4) is 0 Å². The minimum absolute atomic E-state index is 0.144. The Morgan fingerprint density at radius 1 is 1.30 bits per heavy atom. The summed E-state index contributed by atoms with van der Waals surface area (Å²) in [5.74, 6) is -2.05. The second-order valence-electron chi connectivity index (χ2n) is 6.08. The topological polar surface area (TPSA) is 80.7 Å². The number of carbonyl (C=O) groups is 2. The van der Waals surface area contributed by atoms with Crippen LogP contribution in [0.15, 0.2) is 0 Å². The van der Waals surface area contributed by atoms with Crippen molar-refractivity contribution in [2.45, 2.75) is 43.0 Å². The van der Waals surface area contributed by atoms with Crippen molar-refractivity contribution in [2.75, 3.05) is 0 Å². The maximum atomic E-state index is 13.2. The molecule has 8 heteroatoms. The predicted octanol–water partition coefficient (Wildman–Crippen LogP) is 1.49. The summed E-state index contributed by atoms with van der Waals surface area (Å²) < 4.78 is 50.3. The normalized spacial score (nSPS) is 40.8. The van der Waals surface area contributed by atoms with Crippen molar-refractivity contribution in [2.24, 2.45) is 17.8 Å². The standard InChI is InChI=1S/C12H14F2O5S/c13-12(14,20(17)18)10(16)19-11-3-6-1-7(4-11)9(15)8(2-6)5-11/h6-8H,1-5H2,(H,17,18). The fourth-order valence-corrected chi connectivity index (χ4v) is 4.31. The molecular formula is C12H14F2O5S. The Bertz CT molecular complexity index is 488. The van der Waals surface area contributed by atoms with E-state index in [4.69, 9.17) is 9.29 Å². The number of alkyl halides is 2. The molecule has 0 saturated heterocycles. The first-order valence-corrected chi connectivity index (χ1v) is 7.60. The van der Waals surface area contributed by atoms with Crippen LogP contribution in [0.25, 0.3) is 0 Å². The molecule has 0 radical (unpaired) electrons. The molecule has 0 aromatic rings. The molecule has 0 aliphatic heterocycles. The van der Waals surface area contributed by atoms with Crippen LogP contribution < -0.4 is 0 Å². The Balaban J connectivity index is 1.80. The highest BCUT2D eigenvalue weighted by Crippen LogP contribution is 2.55. The van der Waals surface area contributed by atoms with E-state index >= 15 is 0 Å². The zero-order valence-electron chi connectivity index (χ0n) is 10.5. The molecule has 4 aliphatic carbocycles. The third kappa shape index (κ3) is 2.00. The van der Waals surface area contributed by atoms with Gasteiger partial charge in [-0.2, -0.15) is 8.78 Å². The molecule has 0 aromatic heterocycles. The number of hydrogen-bond donors (Lipinski definition) is 1. The number of hydrogen-bond acceptors (Lipinski definition) is 4. The molecule has 4 fully saturated rings. The molecule has 3 unspecified atom stereocenters. The largest absolute Gasteiger partial charge is 0.454 e. The first kappa shape index (κ1) is 14.1. The molecule has 4 rings (SSSR count). The summed E-state index contributed by atoms with van der Waals surface area (Å²) in [4.78, 5) is 23.4. The minimum Gasteiger partial charge on any atom is -0.454 e. The SMILES string of the molecule is O=C1C2CC3CC1CC(OC(=O)C(F)(F)S(=O)O)(C3)C2. The number of ketones is 1. The first-order chi connectivity index (χ1) is 9.23. The van der Waals surface area contributed by atoms with Crippen LogP contribution in [0, 0.1) is 17.8 Å². The highest BCUT2D eigenvalue weighted by molar-refractivity contribution is 7.81. The van der Waals surface area contributed by atoms with Crippen molar-refractivity contribution in [3.8, 4) is 0 Å². The Hall–Kier alpha value is -0.890. The van der Waals surface area contributed by atoms with Gasteiger partial charge < -0.3 is 9.29 Å². The molecule has 20 heavy (non-hydrogen) atoms. The van der Waals surface area contributed by atoms with E-state index < -0.39 is 27.9 Å². The Morgan fingerprint density at radius 3 is 2.35 bits per heavy atom. The second-order valence-corrected chi connectivity index (χ2v) is 7.10. The summed E-state index contributed by atoms with van der Waals surface area (Å²) in [6.07, 6.45) is 2.46. The lowest BCUT2D eigenvalue weighted by molar-refractivity contribution is -0.201. The minimum atomic E-state index is -4.42. The number of ether oxygens (including phenoxy) is 1. The van der Waals surface area contributed by atoms with Gasteiger partial charge in [0.05, 0.1) is 0 Å². The fourth-order valence-electron chi connectivity index (χ4n) is 4.13. The summed E-state index contributed by atoms with van der Waals surface area (Å²) in [7, 11) is 0. The van der Waals surface area contributed by atoms with E-state index in [9.17, 15) is 22.6 Å². The molecule has 0 amide bonds. The third-order valence-corrected chi connectivity index (χ3v) is 5.31. The van der Waals surface area contributed by atoms with Gasteiger partial charge in [-0.1, -0.05) is 0 Å². The van der Waals surface area contributed by atoms with Crippen molar-refractivity contribution >= 4 is 22.8 Å². The monoisotopic (exact) mass is 308 g/mol. The van der Waals surface area contributed by atoms with Crippen molar-refractivity contribution < 1.29 is 31.9 Å². The maximum Gasteiger partial charge on any atom is 0.439 e. The molecule has 5 nitrogen and oxygen atoms in total. The molecule has 0 aromatic carbocycles. The molecule has 0 heterocycles. The summed E-state index contributed by atoms with van der Waals surface area (Å²) in [5.41, 5.74) is -1.05. The maximum absolute atomic E-state index is 13.2. The van der Waals surface area contributed by atoms with Gasteiger partial charge >= 0.3 is 11.2 Å². The zero-order valence-corrected chi connectivity index (χ0v) is 11.3. The second kappa shape index (κ2) is 4.30. The van der Waals surface area contributed by atoms with Gasteiger partial charge in [0.1, 0.15) is 11.4 Å². The molecule has 1 N–H and O–H groups in total. The number of esters is 1. The van der Waals surface area contributed by atoms with Gasteiger partial charge in [-0.3, -0.25) is 4.79 Å². The van der Waals surface area contributed by atoms with Crippen LogP contribution >= 0.6 is 0 Å². The Morgan fingerprint density at radius 2 is 1.85 bits per heavy atom. The lowest BCUT2D eigenvalue weighted by Gasteiger charge is -2.54. The molecule has 4 saturated carbocycles. The average Bonchev–Trinajstić information content (AvgIpc) is 2.34. The van der Waals surface area contributed by atoms with Crippen molar-refractivity contribution in [1.29, 1.82) is 0 Å². The molecule has 4 bridgehead atoms. The van der Waals surface area contributed by atoms with Crippen LogP contribution in [0.2, 0.25) is 0 Å². The highest BCUT2D eigenvalue weighted by atomic mass is 32.2. The first-order valence-electron chi connectivity index (χ1n) is 6.49. The van der Waals surface area contributed by atoms with Crippen molar-refractivity contribution in [3.63, 3.8) is 0 Å². The summed E-state index contributed by atoms with van der Waals surface area (Å²) in [6.45, 7) is 0. The van der Waals surface area contributed by atoms with E-state index in [1.54, 1.807) is 0 Å². The van der Waals surface area contributed by atoms with Crippen molar-refractivity contribution in [1.82, 2.24) is 0 Å². The fraction of sp³-hybridized carbons (Fsp3) is 0.833. The van der Waals surface area contributed by atoms with Gasteiger partial charge in [-0.15, -0.1) is 0 Å². The summed E-state index contributed by atoms with van der Waals surface area (Å²) in [5, 5.41) is -4.42. The number of Topliss-reactive ketones (excluding diaryl/α,β-unsaturated/α-hetero) is 1. The van der Waals surface area contributed by atoms with Crippen molar-refractivity contribution in [3.05, 3.63) is 0 Å². The van der Waals surface area contributed by atoms with E-state index in [2.05, 4.69) is 0 Å². The molecule has 3 atom stereocenters. The molecule has 0 spiro atoms. The van der Waals surface area contributed by atoms with Gasteiger partial charge in [-0.25, -0.2) is 9.00 Å². The number of carbonyl (C=O) groups excluding carboxylic acids is 2. The van der Waals surface area contributed by atoms with E-state index in [-0.39, 0.29) is 36.4 Å². The van der Waals surface area contributed by atoms with Crippen LogP contribution in [0.4, 0.5) is 8.78 Å². The highest BCUT2D eigenvalue weighted by Gasteiger charge is 2.59. The van der Waals surface area contributed by atoms with Gasteiger partial charge in [-0.05, 0) is 38.0 Å². The van der Waals surface area contributed by atoms with Gasteiger partial charge in [0, 0.05) is 11.8 Å². The molecular weight excluding hydrogens is 294 g/mol. The molecule has 112 valence electrons. The molecule has 4 aliphatic rings. The quantitative estimate of drug-likeness (QED) is 0.631. The van der Waals surface area contributed by atoms with Gasteiger partial charge in [0.25, 0.3) is 0 Å². The van der Waals surface area contributed by atoms with E-state index in [0.717, 1.165) is 12.8 Å². The predicted molar refractivity (Wildman–Crippen MR) is 63.1 cm³/mol. The van der Waals surface area contributed by atoms with Crippen LogP contribution in [-0.2, 0) is 25.4 Å². The average molecular weight is 308 g/mol. The zero-order chi connectivity index (χ0) is 14.7. The Labute approximate surface area is 116 Å². The lowest BCUT2D eigenvalue weighted by Crippen LogP contribution is -2.58. The van der Waals surface area contributed by atoms with Crippen LogP contribution in [-0.4, -0.2) is 31.4 Å². The lowest BCUT2D eigenvalue weighted by atomic mass is 9.53. The third-order valence-electron chi connectivity index (χ3n) is 4.70. The summed E-state index contributed by atoms with van der Waals surface area (Å²) >= 11 is -3.60. The summed E-state index contributed by atoms with van der Waals surface area (Å²) in [6, 6.07) is 0.